The monoisotopic (exact) mass is 221 g/mol. The third-order valence-electron chi connectivity index (χ3n) is 2.96. The maximum absolute atomic E-state index is 5.80. The van der Waals surface area contributed by atoms with Crippen molar-refractivity contribution in [2.24, 2.45) is 0 Å². The molecule has 88 valence electrons. The first-order valence-electron chi connectivity index (χ1n) is 5.97. The Hall–Kier alpha value is -1.00. The number of aromatic nitrogens is 2. The van der Waals surface area contributed by atoms with Gasteiger partial charge in [-0.15, -0.1) is 0 Å². The molecule has 0 spiro atoms. The highest BCUT2D eigenvalue weighted by Gasteiger charge is 2.15. The summed E-state index contributed by atoms with van der Waals surface area (Å²) in [4.78, 5) is 8.28. The first-order valence-corrected chi connectivity index (χ1v) is 5.97. The van der Waals surface area contributed by atoms with Crippen molar-refractivity contribution >= 4 is 0 Å². The average Bonchev–Trinajstić information content (AvgIpc) is 2.38. The van der Waals surface area contributed by atoms with E-state index in [4.69, 9.17) is 4.74 Å². The molecule has 16 heavy (non-hydrogen) atoms. The Morgan fingerprint density at radius 3 is 3.12 bits per heavy atom. The third kappa shape index (κ3) is 3.25. The Bertz CT molecular complexity index is 298. The number of nitrogens with one attached hydrogen (secondary N) is 1. The second-order valence-electron chi connectivity index (χ2n) is 4.25. The van der Waals surface area contributed by atoms with Gasteiger partial charge in [0.15, 0.2) is 0 Å². The van der Waals surface area contributed by atoms with Crippen LogP contribution in [0.3, 0.4) is 0 Å². The standard InChI is InChI=1S/C12H19N3O/c1-10(12-8-13-6-7-15-12)16-9-11-4-2-3-5-14-11/h6-8,10-11,14H,2-5,9H2,1H3/t10-,11+/m1/s1. The molecule has 0 bridgehead atoms. The summed E-state index contributed by atoms with van der Waals surface area (Å²) in [5.74, 6) is 0. The quantitative estimate of drug-likeness (QED) is 0.840. The topological polar surface area (TPSA) is 47.0 Å². The zero-order chi connectivity index (χ0) is 11.2. The van der Waals surface area contributed by atoms with Gasteiger partial charge in [0, 0.05) is 18.4 Å². The summed E-state index contributed by atoms with van der Waals surface area (Å²) in [5.41, 5.74) is 0.901. The molecule has 0 saturated carbocycles. The SMILES string of the molecule is C[C@@H](OC[C@@H]1CCCCN1)c1cnccn1. The van der Waals surface area contributed by atoms with Crippen LogP contribution in [0.5, 0.6) is 0 Å². The van der Waals surface area contributed by atoms with Crippen LogP contribution in [0, 0.1) is 0 Å². The maximum Gasteiger partial charge on any atom is 0.0982 e. The van der Waals surface area contributed by atoms with E-state index in [1.165, 1.54) is 19.3 Å². The highest BCUT2D eigenvalue weighted by atomic mass is 16.5. The molecule has 0 radical (unpaired) electrons. The van der Waals surface area contributed by atoms with E-state index in [9.17, 15) is 0 Å². The molecule has 1 fully saturated rings. The van der Waals surface area contributed by atoms with Crippen LogP contribution in [0.1, 0.15) is 38.0 Å². The molecule has 1 aromatic heterocycles. The molecule has 1 saturated heterocycles. The zero-order valence-electron chi connectivity index (χ0n) is 9.72. The minimum absolute atomic E-state index is 0.0254. The predicted octanol–water partition coefficient (Wildman–Crippen LogP) is 1.70. The van der Waals surface area contributed by atoms with E-state index in [1.807, 2.05) is 6.92 Å². The van der Waals surface area contributed by atoms with E-state index in [1.54, 1.807) is 18.6 Å². The fourth-order valence-corrected chi connectivity index (χ4v) is 1.93. The summed E-state index contributed by atoms with van der Waals surface area (Å²) in [6, 6.07) is 0.507. The second kappa shape index (κ2) is 5.92. The van der Waals surface area contributed by atoms with Crippen LogP contribution in [0.4, 0.5) is 0 Å². The summed E-state index contributed by atoms with van der Waals surface area (Å²) < 4.78 is 5.80. The Kier molecular flexibility index (Phi) is 4.25. The number of ether oxygens (including phenoxy) is 1. The van der Waals surface area contributed by atoms with Crippen molar-refractivity contribution in [1.82, 2.24) is 15.3 Å². The molecule has 4 heteroatoms. The lowest BCUT2D eigenvalue weighted by atomic mass is 10.1. The van der Waals surface area contributed by atoms with Crippen LogP contribution in [0.15, 0.2) is 18.6 Å². The highest BCUT2D eigenvalue weighted by Crippen LogP contribution is 2.15. The molecule has 4 nitrogen and oxygen atoms in total. The van der Waals surface area contributed by atoms with Gasteiger partial charge in [-0.25, -0.2) is 0 Å². The highest BCUT2D eigenvalue weighted by molar-refractivity contribution is 4.98. The van der Waals surface area contributed by atoms with Gasteiger partial charge in [0.1, 0.15) is 0 Å². The molecule has 0 unspecified atom stereocenters. The number of piperidine rings is 1. The van der Waals surface area contributed by atoms with Crippen molar-refractivity contribution in [3.8, 4) is 0 Å². The lowest BCUT2D eigenvalue weighted by Gasteiger charge is -2.24. The summed E-state index contributed by atoms with van der Waals surface area (Å²) in [6.45, 7) is 3.90. The van der Waals surface area contributed by atoms with Crippen LogP contribution in [0.2, 0.25) is 0 Å². The smallest absolute Gasteiger partial charge is 0.0982 e. The van der Waals surface area contributed by atoms with Crippen molar-refractivity contribution in [3.05, 3.63) is 24.3 Å². The second-order valence-corrected chi connectivity index (χ2v) is 4.25. The van der Waals surface area contributed by atoms with Gasteiger partial charge < -0.3 is 10.1 Å². The van der Waals surface area contributed by atoms with E-state index >= 15 is 0 Å². The van der Waals surface area contributed by atoms with E-state index in [-0.39, 0.29) is 6.10 Å². The minimum Gasteiger partial charge on any atom is -0.371 e. The molecule has 2 heterocycles. The van der Waals surface area contributed by atoms with Crippen LogP contribution in [-0.4, -0.2) is 29.2 Å². The summed E-state index contributed by atoms with van der Waals surface area (Å²) in [5, 5.41) is 3.46. The first-order chi connectivity index (χ1) is 7.86. The Labute approximate surface area is 96.4 Å². The van der Waals surface area contributed by atoms with Gasteiger partial charge in [0.25, 0.3) is 0 Å². The molecule has 0 aliphatic carbocycles. The van der Waals surface area contributed by atoms with E-state index in [2.05, 4.69) is 15.3 Å². The number of rotatable bonds is 4. The van der Waals surface area contributed by atoms with Crippen molar-refractivity contribution in [2.75, 3.05) is 13.2 Å². The fraction of sp³-hybridized carbons (Fsp3) is 0.667. The summed E-state index contributed by atoms with van der Waals surface area (Å²) in [7, 11) is 0. The molecule has 1 aliphatic heterocycles. The lowest BCUT2D eigenvalue weighted by Crippen LogP contribution is -2.37. The molecular formula is C12H19N3O. The van der Waals surface area contributed by atoms with E-state index < -0.39 is 0 Å². The molecule has 0 aromatic carbocycles. The van der Waals surface area contributed by atoms with Gasteiger partial charge in [0.2, 0.25) is 0 Å². The van der Waals surface area contributed by atoms with Crippen molar-refractivity contribution in [1.29, 1.82) is 0 Å². The minimum atomic E-state index is 0.0254. The molecule has 2 rings (SSSR count). The largest absolute Gasteiger partial charge is 0.371 e. The number of hydrogen-bond acceptors (Lipinski definition) is 4. The summed E-state index contributed by atoms with van der Waals surface area (Å²) >= 11 is 0. The van der Waals surface area contributed by atoms with Gasteiger partial charge in [-0.05, 0) is 26.3 Å². The lowest BCUT2D eigenvalue weighted by molar-refractivity contribution is 0.0414. The van der Waals surface area contributed by atoms with Crippen molar-refractivity contribution in [3.63, 3.8) is 0 Å². The maximum atomic E-state index is 5.80. The van der Waals surface area contributed by atoms with Crippen LogP contribution in [-0.2, 0) is 4.74 Å². The van der Waals surface area contributed by atoms with Gasteiger partial charge in [0.05, 0.1) is 24.6 Å². The molecular weight excluding hydrogens is 202 g/mol. The zero-order valence-corrected chi connectivity index (χ0v) is 9.72. The van der Waals surface area contributed by atoms with Gasteiger partial charge in [-0.2, -0.15) is 0 Å². The van der Waals surface area contributed by atoms with Gasteiger partial charge in [-0.3, -0.25) is 9.97 Å². The fourth-order valence-electron chi connectivity index (χ4n) is 1.93. The van der Waals surface area contributed by atoms with E-state index in [0.717, 1.165) is 18.8 Å². The Morgan fingerprint density at radius 2 is 2.44 bits per heavy atom. The summed E-state index contributed by atoms with van der Waals surface area (Å²) in [6.07, 6.45) is 8.98. The predicted molar refractivity (Wildman–Crippen MR) is 62.0 cm³/mol. The normalized spacial score (nSPS) is 22.9. The Morgan fingerprint density at radius 1 is 1.50 bits per heavy atom. The molecule has 1 aliphatic rings. The third-order valence-corrected chi connectivity index (χ3v) is 2.96. The van der Waals surface area contributed by atoms with E-state index in [0.29, 0.717) is 6.04 Å². The molecule has 1 N–H and O–H groups in total. The van der Waals surface area contributed by atoms with Crippen LogP contribution >= 0.6 is 0 Å². The number of hydrogen-bond donors (Lipinski definition) is 1. The van der Waals surface area contributed by atoms with Crippen molar-refractivity contribution < 1.29 is 4.74 Å². The van der Waals surface area contributed by atoms with Crippen molar-refractivity contribution in [2.45, 2.75) is 38.3 Å². The Balaban J connectivity index is 1.77. The van der Waals surface area contributed by atoms with Gasteiger partial charge in [-0.1, -0.05) is 6.42 Å². The number of nitrogens with zero attached hydrogens (tertiary/aromatic N) is 2. The average molecular weight is 221 g/mol. The first kappa shape index (κ1) is 11.5. The molecule has 1 aromatic rings. The van der Waals surface area contributed by atoms with Crippen LogP contribution in [0.25, 0.3) is 0 Å². The van der Waals surface area contributed by atoms with Crippen LogP contribution < -0.4 is 5.32 Å². The molecule has 2 atom stereocenters. The van der Waals surface area contributed by atoms with Gasteiger partial charge >= 0.3 is 0 Å². The molecule has 0 amide bonds.